The topological polar surface area (TPSA) is 12.0 Å². The van der Waals surface area contributed by atoms with Gasteiger partial charge < -0.3 is 5.32 Å². The summed E-state index contributed by atoms with van der Waals surface area (Å²) in [6.07, 6.45) is 0. The number of thiophene rings is 1. The summed E-state index contributed by atoms with van der Waals surface area (Å²) in [4.78, 5) is 0. The van der Waals surface area contributed by atoms with Crippen LogP contribution in [0.2, 0.25) is 0 Å². The van der Waals surface area contributed by atoms with E-state index in [0.717, 1.165) is 5.56 Å². The first-order valence-corrected chi connectivity index (χ1v) is 7.97. The van der Waals surface area contributed by atoms with Gasteiger partial charge in [0.1, 0.15) is 5.82 Å². The van der Waals surface area contributed by atoms with E-state index in [2.05, 4.69) is 44.8 Å². The zero-order valence-corrected chi connectivity index (χ0v) is 13.3. The van der Waals surface area contributed by atoms with Crippen molar-refractivity contribution in [3.8, 4) is 0 Å². The molecule has 0 amide bonds. The van der Waals surface area contributed by atoms with Gasteiger partial charge in [0, 0.05) is 10.3 Å². The second-order valence-corrected chi connectivity index (χ2v) is 6.32. The lowest BCUT2D eigenvalue weighted by Gasteiger charge is -2.19. The molecule has 4 heteroatoms. The van der Waals surface area contributed by atoms with Crippen LogP contribution in [0.4, 0.5) is 4.39 Å². The van der Waals surface area contributed by atoms with Crippen molar-refractivity contribution in [1.29, 1.82) is 0 Å². The number of fused-ring (bicyclic) bond motifs is 1. The molecule has 1 N–H and O–H groups in total. The van der Waals surface area contributed by atoms with Crippen molar-refractivity contribution in [3.05, 3.63) is 69.3 Å². The molecule has 1 heterocycles. The van der Waals surface area contributed by atoms with Crippen molar-refractivity contribution in [3.63, 3.8) is 0 Å². The van der Waals surface area contributed by atoms with Crippen molar-refractivity contribution >= 4 is 37.4 Å². The van der Waals surface area contributed by atoms with Crippen LogP contribution in [-0.2, 0) is 0 Å². The standard InChI is InChI=1S/C16H13BrFNS/c1-19-15(11-5-3-7-13(17)14(11)18)12-6-2-4-10-8-9-20-16(10)12/h2-9,15,19H,1H3. The summed E-state index contributed by atoms with van der Waals surface area (Å²) in [5.41, 5.74) is 1.76. The second-order valence-electron chi connectivity index (χ2n) is 4.55. The normalized spacial score (nSPS) is 12.8. The number of hydrogen-bond acceptors (Lipinski definition) is 2. The smallest absolute Gasteiger partial charge is 0.142 e. The van der Waals surface area contributed by atoms with E-state index in [1.165, 1.54) is 10.1 Å². The molecule has 0 saturated heterocycles. The fourth-order valence-electron chi connectivity index (χ4n) is 2.47. The summed E-state index contributed by atoms with van der Waals surface area (Å²) in [6, 6.07) is 13.5. The molecule has 0 aliphatic heterocycles. The van der Waals surface area contributed by atoms with Crippen LogP contribution in [0.3, 0.4) is 0 Å². The summed E-state index contributed by atoms with van der Waals surface area (Å²) >= 11 is 4.95. The molecule has 0 bridgehead atoms. The molecular weight excluding hydrogens is 337 g/mol. The predicted octanol–water partition coefficient (Wildman–Crippen LogP) is 5.11. The maximum Gasteiger partial charge on any atom is 0.142 e. The minimum atomic E-state index is -0.208. The van der Waals surface area contributed by atoms with Gasteiger partial charge in [-0.3, -0.25) is 0 Å². The van der Waals surface area contributed by atoms with Gasteiger partial charge in [0.15, 0.2) is 0 Å². The molecule has 3 aromatic rings. The summed E-state index contributed by atoms with van der Waals surface area (Å²) in [7, 11) is 1.86. The van der Waals surface area contributed by atoms with Crippen molar-refractivity contribution < 1.29 is 4.39 Å². The molecule has 0 aliphatic rings. The first-order chi connectivity index (χ1) is 9.72. The molecule has 0 aliphatic carbocycles. The maximum atomic E-state index is 14.4. The molecule has 2 aromatic carbocycles. The fourth-order valence-corrected chi connectivity index (χ4v) is 3.79. The Balaban J connectivity index is 2.19. The average Bonchev–Trinajstić information content (AvgIpc) is 2.93. The van der Waals surface area contributed by atoms with Crippen LogP contribution < -0.4 is 5.32 Å². The minimum Gasteiger partial charge on any atom is -0.309 e. The predicted molar refractivity (Wildman–Crippen MR) is 86.8 cm³/mol. The molecule has 1 atom stereocenters. The Morgan fingerprint density at radius 1 is 1.10 bits per heavy atom. The summed E-state index contributed by atoms with van der Waals surface area (Å²) in [5.74, 6) is -0.208. The van der Waals surface area contributed by atoms with Gasteiger partial charge in [-0.1, -0.05) is 30.3 Å². The highest BCUT2D eigenvalue weighted by atomic mass is 79.9. The van der Waals surface area contributed by atoms with E-state index >= 15 is 0 Å². The number of benzene rings is 2. The Labute approximate surface area is 129 Å². The number of hydrogen-bond donors (Lipinski definition) is 1. The van der Waals surface area contributed by atoms with Gasteiger partial charge in [0.2, 0.25) is 0 Å². The van der Waals surface area contributed by atoms with E-state index in [9.17, 15) is 4.39 Å². The van der Waals surface area contributed by atoms with Crippen LogP contribution in [-0.4, -0.2) is 7.05 Å². The lowest BCUT2D eigenvalue weighted by atomic mass is 9.97. The van der Waals surface area contributed by atoms with Gasteiger partial charge in [-0.25, -0.2) is 4.39 Å². The molecular formula is C16H13BrFNS. The summed E-state index contributed by atoms with van der Waals surface area (Å²) < 4.78 is 16.1. The van der Waals surface area contributed by atoms with E-state index in [-0.39, 0.29) is 11.9 Å². The van der Waals surface area contributed by atoms with Gasteiger partial charge in [-0.05, 0) is 51.4 Å². The summed E-state index contributed by atoms with van der Waals surface area (Å²) in [6.45, 7) is 0. The molecule has 102 valence electrons. The monoisotopic (exact) mass is 349 g/mol. The van der Waals surface area contributed by atoms with E-state index in [0.29, 0.717) is 10.0 Å². The van der Waals surface area contributed by atoms with E-state index in [1.54, 1.807) is 17.4 Å². The lowest BCUT2D eigenvalue weighted by molar-refractivity contribution is 0.572. The number of nitrogens with one attached hydrogen (secondary N) is 1. The van der Waals surface area contributed by atoms with Crippen LogP contribution in [0.25, 0.3) is 10.1 Å². The molecule has 3 rings (SSSR count). The first kappa shape index (κ1) is 13.7. The van der Waals surface area contributed by atoms with E-state index < -0.39 is 0 Å². The highest BCUT2D eigenvalue weighted by Gasteiger charge is 2.19. The molecule has 1 aromatic heterocycles. The zero-order valence-electron chi connectivity index (χ0n) is 10.9. The second kappa shape index (κ2) is 5.64. The minimum absolute atomic E-state index is 0.158. The SMILES string of the molecule is CNC(c1cccc(Br)c1F)c1cccc2ccsc12. The third kappa shape index (κ3) is 2.28. The van der Waals surface area contributed by atoms with E-state index in [1.807, 2.05) is 25.2 Å². The van der Waals surface area contributed by atoms with Crippen molar-refractivity contribution in [2.24, 2.45) is 0 Å². The number of halogens is 2. The number of rotatable bonds is 3. The fraction of sp³-hybridized carbons (Fsp3) is 0.125. The molecule has 0 radical (unpaired) electrons. The molecule has 20 heavy (non-hydrogen) atoms. The molecule has 1 nitrogen and oxygen atoms in total. The largest absolute Gasteiger partial charge is 0.309 e. The molecule has 1 unspecified atom stereocenters. The maximum absolute atomic E-state index is 14.4. The van der Waals surface area contributed by atoms with Gasteiger partial charge in [0.05, 0.1) is 10.5 Å². The third-order valence-electron chi connectivity index (χ3n) is 3.40. The first-order valence-electron chi connectivity index (χ1n) is 6.29. The molecule has 0 fully saturated rings. The van der Waals surface area contributed by atoms with Crippen molar-refractivity contribution in [2.45, 2.75) is 6.04 Å². The van der Waals surface area contributed by atoms with Gasteiger partial charge in [0.25, 0.3) is 0 Å². The van der Waals surface area contributed by atoms with Gasteiger partial charge in [-0.15, -0.1) is 11.3 Å². The Kier molecular flexibility index (Phi) is 3.87. The molecule has 0 saturated carbocycles. The third-order valence-corrected chi connectivity index (χ3v) is 4.99. The van der Waals surface area contributed by atoms with Crippen LogP contribution in [0, 0.1) is 5.82 Å². The van der Waals surface area contributed by atoms with E-state index in [4.69, 9.17) is 0 Å². The van der Waals surface area contributed by atoms with Crippen molar-refractivity contribution in [2.75, 3.05) is 7.05 Å². The Hall–Kier alpha value is -1.23. The Morgan fingerprint density at radius 2 is 1.85 bits per heavy atom. The highest BCUT2D eigenvalue weighted by Crippen LogP contribution is 2.34. The van der Waals surface area contributed by atoms with Gasteiger partial charge >= 0.3 is 0 Å². The lowest BCUT2D eigenvalue weighted by Crippen LogP contribution is -2.19. The molecule has 0 spiro atoms. The van der Waals surface area contributed by atoms with Gasteiger partial charge in [-0.2, -0.15) is 0 Å². The van der Waals surface area contributed by atoms with Crippen LogP contribution in [0.5, 0.6) is 0 Å². The van der Waals surface area contributed by atoms with Crippen LogP contribution in [0.1, 0.15) is 17.2 Å². The van der Waals surface area contributed by atoms with Crippen molar-refractivity contribution in [1.82, 2.24) is 5.32 Å². The van der Waals surface area contributed by atoms with Crippen LogP contribution in [0.15, 0.2) is 52.3 Å². The average molecular weight is 350 g/mol. The quantitative estimate of drug-likeness (QED) is 0.692. The van der Waals surface area contributed by atoms with Crippen LogP contribution >= 0.6 is 27.3 Å². The zero-order chi connectivity index (χ0) is 14.1. The summed E-state index contributed by atoms with van der Waals surface area (Å²) in [5, 5.41) is 6.50. The highest BCUT2D eigenvalue weighted by molar-refractivity contribution is 9.10. The Bertz CT molecular complexity index is 753. The Morgan fingerprint density at radius 3 is 2.65 bits per heavy atom.